The molecule has 0 aliphatic carbocycles. The van der Waals surface area contributed by atoms with Crippen LogP contribution >= 0.6 is 0 Å². The van der Waals surface area contributed by atoms with E-state index in [1.165, 1.54) is 0 Å². The highest BCUT2D eigenvalue weighted by atomic mass is 16.5. The number of nitrogens with zero attached hydrogens (tertiary/aromatic N) is 1. The zero-order valence-electron chi connectivity index (χ0n) is 11.2. The van der Waals surface area contributed by atoms with Crippen LogP contribution in [0.3, 0.4) is 0 Å². The normalized spacial score (nSPS) is 15.9. The molecule has 1 aliphatic rings. The molecule has 1 aromatic rings. The Morgan fingerprint density at radius 1 is 1.37 bits per heavy atom. The molecule has 4 heteroatoms. The summed E-state index contributed by atoms with van der Waals surface area (Å²) >= 11 is 0. The lowest BCUT2D eigenvalue weighted by atomic mass is 10.1. The average Bonchev–Trinajstić information content (AvgIpc) is 2.48. The summed E-state index contributed by atoms with van der Waals surface area (Å²) in [5.74, 6) is 0. The monoisotopic (exact) mass is 259 g/mol. The van der Waals surface area contributed by atoms with Crippen molar-refractivity contribution >= 4 is 5.69 Å². The minimum Gasteiger partial charge on any atom is -0.385 e. The summed E-state index contributed by atoms with van der Waals surface area (Å²) in [5.41, 5.74) is 1.69. The van der Waals surface area contributed by atoms with Gasteiger partial charge in [-0.25, -0.2) is 0 Å². The van der Waals surface area contributed by atoms with Gasteiger partial charge in [-0.2, -0.15) is 5.26 Å². The number of nitriles is 1. The summed E-state index contributed by atoms with van der Waals surface area (Å²) in [6, 6.07) is 9.70. The van der Waals surface area contributed by atoms with Gasteiger partial charge in [0, 0.05) is 18.8 Å². The van der Waals surface area contributed by atoms with E-state index in [0.29, 0.717) is 11.7 Å². The number of hydrogen-bond acceptors (Lipinski definition) is 4. The van der Waals surface area contributed by atoms with E-state index in [1.54, 1.807) is 0 Å². The molecule has 19 heavy (non-hydrogen) atoms. The van der Waals surface area contributed by atoms with E-state index in [4.69, 9.17) is 10.00 Å². The van der Waals surface area contributed by atoms with E-state index in [2.05, 4.69) is 16.7 Å². The number of ether oxygens (including phenoxy) is 1. The fourth-order valence-electron chi connectivity index (χ4n) is 2.22. The molecule has 1 aliphatic heterocycles. The number of benzene rings is 1. The van der Waals surface area contributed by atoms with Gasteiger partial charge in [-0.3, -0.25) is 0 Å². The molecular formula is C15H21N3O. The first-order valence-corrected chi connectivity index (χ1v) is 6.95. The summed E-state index contributed by atoms with van der Waals surface area (Å²) in [6.45, 7) is 3.82. The van der Waals surface area contributed by atoms with Gasteiger partial charge in [0.2, 0.25) is 0 Å². The van der Waals surface area contributed by atoms with Gasteiger partial charge in [0.25, 0.3) is 0 Å². The van der Waals surface area contributed by atoms with Crippen molar-refractivity contribution in [1.82, 2.24) is 5.32 Å². The van der Waals surface area contributed by atoms with Gasteiger partial charge in [0.15, 0.2) is 0 Å². The Hall–Kier alpha value is -1.57. The maximum atomic E-state index is 8.81. The second-order valence-electron chi connectivity index (χ2n) is 4.79. The van der Waals surface area contributed by atoms with Crippen molar-refractivity contribution in [2.45, 2.75) is 25.4 Å². The van der Waals surface area contributed by atoms with Crippen molar-refractivity contribution in [3.8, 4) is 6.07 Å². The van der Waals surface area contributed by atoms with Gasteiger partial charge < -0.3 is 15.4 Å². The Morgan fingerprint density at radius 3 is 3.00 bits per heavy atom. The third-order valence-corrected chi connectivity index (χ3v) is 3.28. The molecule has 0 amide bonds. The molecule has 0 spiro atoms. The summed E-state index contributed by atoms with van der Waals surface area (Å²) in [4.78, 5) is 0. The SMILES string of the molecule is N#Cc1cccc(NCCCOC2CCNCC2)c1. The third kappa shape index (κ3) is 4.90. The zero-order chi connectivity index (χ0) is 13.3. The molecule has 0 saturated carbocycles. The van der Waals surface area contributed by atoms with Gasteiger partial charge in [-0.15, -0.1) is 0 Å². The Morgan fingerprint density at radius 2 is 2.21 bits per heavy atom. The number of rotatable bonds is 6. The van der Waals surface area contributed by atoms with Crippen molar-refractivity contribution in [2.24, 2.45) is 0 Å². The van der Waals surface area contributed by atoms with Crippen LogP contribution in [0.4, 0.5) is 5.69 Å². The average molecular weight is 259 g/mol. The molecule has 1 aromatic carbocycles. The van der Waals surface area contributed by atoms with Crippen LogP contribution in [-0.2, 0) is 4.74 Å². The molecule has 1 heterocycles. The Kier molecular flexibility index (Phi) is 5.67. The highest BCUT2D eigenvalue weighted by Gasteiger charge is 2.12. The smallest absolute Gasteiger partial charge is 0.0992 e. The highest BCUT2D eigenvalue weighted by Crippen LogP contribution is 2.10. The van der Waals surface area contributed by atoms with Crippen LogP contribution in [-0.4, -0.2) is 32.3 Å². The quantitative estimate of drug-likeness (QED) is 0.768. The van der Waals surface area contributed by atoms with Gasteiger partial charge in [-0.05, 0) is 50.6 Å². The van der Waals surface area contributed by atoms with Crippen LogP contribution in [0.5, 0.6) is 0 Å². The summed E-state index contributed by atoms with van der Waals surface area (Å²) in [7, 11) is 0. The summed E-state index contributed by atoms with van der Waals surface area (Å²) in [5, 5.41) is 15.5. The van der Waals surface area contributed by atoms with E-state index in [0.717, 1.165) is 51.2 Å². The second-order valence-corrected chi connectivity index (χ2v) is 4.79. The minimum absolute atomic E-state index is 0.433. The molecule has 0 unspecified atom stereocenters. The van der Waals surface area contributed by atoms with Crippen molar-refractivity contribution in [2.75, 3.05) is 31.6 Å². The largest absolute Gasteiger partial charge is 0.385 e. The first-order chi connectivity index (χ1) is 9.38. The number of nitrogens with one attached hydrogen (secondary N) is 2. The fourth-order valence-corrected chi connectivity index (χ4v) is 2.22. The topological polar surface area (TPSA) is 57.1 Å². The van der Waals surface area contributed by atoms with E-state index in [9.17, 15) is 0 Å². The molecule has 2 N–H and O–H groups in total. The first-order valence-electron chi connectivity index (χ1n) is 6.95. The van der Waals surface area contributed by atoms with Crippen LogP contribution in [0.15, 0.2) is 24.3 Å². The van der Waals surface area contributed by atoms with Gasteiger partial charge in [0.05, 0.1) is 17.7 Å². The lowest BCUT2D eigenvalue weighted by Gasteiger charge is -2.22. The third-order valence-electron chi connectivity index (χ3n) is 3.28. The molecule has 102 valence electrons. The maximum absolute atomic E-state index is 8.81. The van der Waals surface area contributed by atoms with Crippen LogP contribution in [0.25, 0.3) is 0 Å². The van der Waals surface area contributed by atoms with Crippen LogP contribution in [0.2, 0.25) is 0 Å². The van der Waals surface area contributed by atoms with Crippen molar-refractivity contribution in [3.63, 3.8) is 0 Å². The van der Waals surface area contributed by atoms with E-state index < -0.39 is 0 Å². The van der Waals surface area contributed by atoms with E-state index >= 15 is 0 Å². The summed E-state index contributed by atoms with van der Waals surface area (Å²) in [6.07, 6.45) is 3.67. The maximum Gasteiger partial charge on any atom is 0.0992 e. The summed E-state index contributed by atoms with van der Waals surface area (Å²) < 4.78 is 5.83. The van der Waals surface area contributed by atoms with Gasteiger partial charge >= 0.3 is 0 Å². The Labute approximate surface area is 114 Å². The molecule has 1 fully saturated rings. The predicted molar refractivity (Wildman–Crippen MR) is 76.1 cm³/mol. The standard InChI is InChI=1S/C15H21N3O/c16-12-13-3-1-4-14(11-13)18-7-2-10-19-15-5-8-17-9-6-15/h1,3-4,11,15,17-18H,2,5-10H2. The number of anilines is 1. The Bertz CT molecular complexity index is 422. The van der Waals surface area contributed by atoms with Crippen LogP contribution in [0, 0.1) is 11.3 Å². The van der Waals surface area contributed by atoms with Crippen LogP contribution in [0.1, 0.15) is 24.8 Å². The molecule has 2 rings (SSSR count). The molecule has 0 aromatic heterocycles. The van der Waals surface area contributed by atoms with Gasteiger partial charge in [0.1, 0.15) is 0 Å². The van der Waals surface area contributed by atoms with Crippen molar-refractivity contribution < 1.29 is 4.74 Å². The molecule has 1 saturated heterocycles. The zero-order valence-corrected chi connectivity index (χ0v) is 11.2. The van der Waals surface area contributed by atoms with E-state index in [1.807, 2.05) is 24.3 Å². The van der Waals surface area contributed by atoms with Gasteiger partial charge in [-0.1, -0.05) is 6.07 Å². The minimum atomic E-state index is 0.433. The van der Waals surface area contributed by atoms with Crippen LogP contribution < -0.4 is 10.6 Å². The Balaban J connectivity index is 1.59. The first kappa shape index (κ1) is 13.9. The second kappa shape index (κ2) is 7.78. The van der Waals surface area contributed by atoms with E-state index in [-0.39, 0.29) is 0 Å². The van der Waals surface area contributed by atoms with Crippen molar-refractivity contribution in [3.05, 3.63) is 29.8 Å². The molecule has 0 radical (unpaired) electrons. The fraction of sp³-hybridized carbons (Fsp3) is 0.533. The number of piperidine rings is 1. The molecular weight excluding hydrogens is 238 g/mol. The lowest BCUT2D eigenvalue weighted by Crippen LogP contribution is -2.32. The predicted octanol–water partition coefficient (Wildman–Crippen LogP) is 2.13. The molecule has 0 bridgehead atoms. The lowest BCUT2D eigenvalue weighted by molar-refractivity contribution is 0.0329. The van der Waals surface area contributed by atoms with Crippen molar-refractivity contribution in [1.29, 1.82) is 5.26 Å². The highest BCUT2D eigenvalue weighted by molar-refractivity contribution is 5.48. The number of hydrogen-bond donors (Lipinski definition) is 2. The molecule has 4 nitrogen and oxygen atoms in total. The molecule has 0 atom stereocenters.